The molecule has 3 N–H and O–H groups in total. The van der Waals surface area contributed by atoms with Gasteiger partial charge in [0.2, 0.25) is 5.91 Å². The van der Waals surface area contributed by atoms with Crippen LogP contribution in [0.2, 0.25) is 0 Å². The molecule has 5 heteroatoms. The molecule has 0 unspecified atom stereocenters. The molecule has 0 saturated carbocycles. The molecular weight excluding hydrogens is 246 g/mol. The number of hydrogen-bond acceptors (Lipinski definition) is 2. The summed E-state index contributed by atoms with van der Waals surface area (Å²) in [6, 6.07) is 9.84. The number of thiocarbonyl (C=S) groups is 1. The van der Waals surface area contributed by atoms with E-state index in [1.54, 1.807) is 0 Å². The van der Waals surface area contributed by atoms with E-state index in [2.05, 4.69) is 16.0 Å². The minimum Gasteiger partial charge on any atom is -0.362 e. The van der Waals surface area contributed by atoms with Crippen molar-refractivity contribution in [3.8, 4) is 0 Å². The fourth-order valence-corrected chi connectivity index (χ4v) is 1.60. The van der Waals surface area contributed by atoms with Crippen molar-refractivity contribution in [2.45, 2.75) is 26.3 Å². The van der Waals surface area contributed by atoms with Crippen LogP contribution in [0, 0.1) is 0 Å². The normalized spacial score (nSPS) is 9.94. The van der Waals surface area contributed by atoms with Crippen LogP contribution in [0.25, 0.3) is 0 Å². The molecule has 0 atom stereocenters. The Hall–Kier alpha value is -1.62. The fraction of sp³-hybridized carbons (Fsp3) is 0.385. The van der Waals surface area contributed by atoms with Gasteiger partial charge in [0.05, 0.1) is 0 Å². The molecule has 0 spiro atoms. The van der Waals surface area contributed by atoms with Crippen molar-refractivity contribution in [1.82, 2.24) is 10.6 Å². The van der Waals surface area contributed by atoms with Crippen molar-refractivity contribution in [3.05, 3.63) is 30.3 Å². The Kier molecular flexibility index (Phi) is 6.14. The van der Waals surface area contributed by atoms with E-state index in [1.165, 1.54) is 0 Å². The summed E-state index contributed by atoms with van der Waals surface area (Å²) >= 11 is 5.12. The zero-order chi connectivity index (χ0) is 13.4. The summed E-state index contributed by atoms with van der Waals surface area (Å²) in [5.74, 6) is 0.0278. The van der Waals surface area contributed by atoms with Crippen LogP contribution in [0.5, 0.6) is 0 Å². The Morgan fingerprint density at radius 1 is 1.28 bits per heavy atom. The van der Waals surface area contributed by atoms with Gasteiger partial charge in [-0.05, 0) is 38.2 Å². The minimum atomic E-state index is 0.0278. The molecule has 0 aromatic heterocycles. The number of carbonyl (C=O) groups excluding carboxylic acids is 1. The summed E-state index contributed by atoms with van der Waals surface area (Å²) in [6.07, 6.45) is 0.411. The SMILES string of the molecule is CC(C)NC(=O)CCNC(=S)Nc1ccccc1. The van der Waals surface area contributed by atoms with Crippen molar-refractivity contribution in [1.29, 1.82) is 0 Å². The number of rotatable bonds is 5. The molecule has 1 amide bonds. The Balaban J connectivity index is 2.20. The summed E-state index contributed by atoms with van der Waals surface area (Å²) in [5.41, 5.74) is 0.932. The standard InChI is InChI=1S/C13H19N3OS/c1-10(2)15-12(17)8-9-14-13(18)16-11-6-4-3-5-7-11/h3-7,10H,8-9H2,1-2H3,(H,15,17)(H2,14,16,18). The van der Waals surface area contributed by atoms with Gasteiger partial charge < -0.3 is 16.0 Å². The van der Waals surface area contributed by atoms with E-state index in [0.717, 1.165) is 5.69 Å². The molecule has 1 aromatic carbocycles. The highest BCUT2D eigenvalue weighted by Gasteiger charge is 2.03. The van der Waals surface area contributed by atoms with Crippen LogP contribution in [-0.4, -0.2) is 23.6 Å². The lowest BCUT2D eigenvalue weighted by Gasteiger charge is -2.11. The van der Waals surface area contributed by atoms with Gasteiger partial charge in [0.15, 0.2) is 5.11 Å². The summed E-state index contributed by atoms with van der Waals surface area (Å²) in [5, 5.41) is 9.39. The van der Waals surface area contributed by atoms with Crippen molar-refractivity contribution in [2.24, 2.45) is 0 Å². The maximum absolute atomic E-state index is 11.4. The summed E-state index contributed by atoms with van der Waals surface area (Å²) in [6.45, 7) is 4.40. The molecule has 98 valence electrons. The second-order valence-electron chi connectivity index (χ2n) is 4.22. The van der Waals surface area contributed by atoms with Gasteiger partial charge in [0.1, 0.15) is 0 Å². The molecule has 0 aliphatic rings. The van der Waals surface area contributed by atoms with Crippen LogP contribution in [0.4, 0.5) is 5.69 Å². The summed E-state index contributed by atoms with van der Waals surface area (Å²) < 4.78 is 0. The second kappa shape index (κ2) is 7.66. The smallest absolute Gasteiger partial charge is 0.221 e. The first kappa shape index (κ1) is 14.4. The Morgan fingerprint density at radius 3 is 2.56 bits per heavy atom. The third-order valence-electron chi connectivity index (χ3n) is 2.12. The fourth-order valence-electron chi connectivity index (χ4n) is 1.38. The van der Waals surface area contributed by atoms with E-state index in [1.807, 2.05) is 44.2 Å². The molecule has 1 rings (SSSR count). The largest absolute Gasteiger partial charge is 0.362 e. The van der Waals surface area contributed by atoms with Crippen LogP contribution in [0.3, 0.4) is 0 Å². The molecule has 18 heavy (non-hydrogen) atoms. The van der Waals surface area contributed by atoms with Gasteiger partial charge in [-0.15, -0.1) is 0 Å². The average Bonchev–Trinajstić information content (AvgIpc) is 2.29. The lowest BCUT2D eigenvalue weighted by molar-refractivity contribution is -0.121. The lowest BCUT2D eigenvalue weighted by Crippen LogP contribution is -2.35. The predicted molar refractivity (Wildman–Crippen MR) is 78.6 cm³/mol. The van der Waals surface area contributed by atoms with E-state index in [9.17, 15) is 4.79 Å². The minimum absolute atomic E-state index is 0.0278. The topological polar surface area (TPSA) is 53.2 Å². The van der Waals surface area contributed by atoms with Crippen LogP contribution < -0.4 is 16.0 Å². The quantitative estimate of drug-likeness (QED) is 0.712. The van der Waals surface area contributed by atoms with E-state index < -0.39 is 0 Å². The Bertz CT molecular complexity index is 392. The zero-order valence-electron chi connectivity index (χ0n) is 10.7. The molecule has 0 fully saturated rings. The second-order valence-corrected chi connectivity index (χ2v) is 4.63. The summed E-state index contributed by atoms with van der Waals surface area (Å²) in [7, 11) is 0. The highest BCUT2D eigenvalue weighted by molar-refractivity contribution is 7.80. The van der Waals surface area contributed by atoms with Crippen molar-refractivity contribution in [3.63, 3.8) is 0 Å². The molecule has 4 nitrogen and oxygen atoms in total. The monoisotopic (exact) mass is 265 g/mol. The molecule has 0 bridgehead atoms. The van der Waals surface area contributed by atoms with Gasteiger partial charge >= 0.3 is 0 Å². The van der Waals surface area contributed by atoms with Gasteiger partial charge in [-0.2, -0.15) is 0 Å². The molecule has 0 heterocycles. The molecule has 0 aliphatic carbocycles. The number of para-hydroxylation sites is 1. The maximum Gasteiger partial charge on any atom is 0.221 e. The first-order valence-electron chi connectivity index (χ1n) is 5.97. The van der Waals surface area contributed by atoms with Gasteiger partial charge in [0, 0.05) is 24.7 Å². The molecule has 0 saturated heterocycles. The molecular formula is C13H19N3OS. The number of benzene rings is 1. The Labute approximate surface area is 113 Å². The number of nitrogens with one attached hydrogen (secondary N) is 3. The molecule has 0 radical (unpaired) electrons. The average molecular weight is 265 g/mol. The highest BCUT2D eigenvalue weighted by atomic mass is 32.1. The van der Waals surface area contributed by atoms with Crippen LogP contribution in [0.1, 0.15) is 20.3 Å². The predicted octanol–water partition coefficient (Wildman–Crippen LogP) is 1.89. The van der Waals surface area contributed by atoms with E-state index in [0.29, 0.717) is 18.1 Å². The third-order valence-corrected chi connectivity index (χ3v) is 2.37. The number of carbonyl (C=O) groups is 1. The van der Waals surface area contributed by atoms with Gasteiger partial charge in [-0.1, -0.05) is 18.2 Å². The van der Waals surface area contributed by atoms with Crippen LogP contribution in [0.15, 0.2) is 30.3 Å². The van der Waals surface area contributed by atoms with Crippen LogP contribution >= 0.6 is 12.2 Å². The maximum atomic E-state index is 11.4. The number of hydrogen-bond donors (Lipinski definition) is 3. The highest BCUT2D eigenvalue weighted by Crippen LogP contribution is 2.04. The molecule has 0 aliphatic heterocycles. The third kappa shape index (κ3) is 6.20. The zero-order valence-corrected chi connectivity index (χ0v) is 11.5. The van der Waals surface area contributed by atoms with Crippen LogP contribution in [-0.2, 0) is 4.79 Å². The Morgan fingerprint density at radius 2 is 1.94 bits per heavy atom. The number of anilines is 1. The first-order chi connectivity index (χ1) is 8.58. The van der Waals surface area contributed by atoms with E-state index in [4.69, 9.17) is 12.2 Å². The van der Waals surface area contributed by atoms with Gasteiger partial charge in [-0.3, -0.25) is 4.79 Å². The summed E-state index contributed by atoms with van der Waals surface area (Å²) in [4.78, 5) is 11.4. The molecule has 1 aromatic rings. The lowest BCUT2D eigenvalue weighted by atomic mass is 10.3. The van der Waals surface area contributed by atoms with Gasteiger partial charge in [-0.25, -0.2) is 0 Å². The van der Waals surface area contributed by atoms with Gasteiger partial charge in [0.25, 0.3) is 0 Å². The first-order valence-corrected chi connectivity index (χ1v) is 6.38. The van der Waals surface area contributed by atoms with E-state index in [-0.39, 0.29) is 11.9 Å². The number of amides is 1. The van der Waals surface area contributed by atoms with Crippen molar-refractivity contribution < 1.29 is 4.79 Å². The van der Waals surface area contributed by atoms with E-state index >= 15 is 0 Å². The van der Waals surface area contributed by atoms with Crippen molar-refractivity contribution >= 4 is 28.9 Å². The van der Waals surface area contributed by atoms with Crippen molar-refractivity contribution in [2.75, 3.05) is 11.9 Å².